The van der Waals surface area contributed by atoms with E-state index < -0.39 is 17.7 Å². The van der Waals surface area contributed by atoms with Crippen LogP contribution >= 0.6 is 0 Å². The first-order valence-corrected chi connectivity index (χ1v) is 12.3. The lowest BCUT2D eigenvalue weighted by Crippen LogP contribution is -2.45. The molecule has 0 bridgehead atoms. The molecule has 9 heteroatoms. The molecule has 2 aromatic rings. The van der Waals surface area contributed by atoms with Gasteiger partial charge in [-0.05, 0) is 78.2 Å². The number of carbonyl (C=O) groups excluding carboxylic acids is 1. The van der Waals surface area contributed by atoms with Gasteiger partial charge >= 0.3 is 12.3 Å². The summed E-state index contributed by atoms with van der Waals surface area (Å²) in [5.41, 5.74) is 2.75. The number of fused-ring (bicyclic) bond motifs is 2. The second-order valence-corrected chi connectivity index (χ2v) is 11.5. The number of hydrogen-bond acceptors (Lipinski definition) is 4. The molecule has 1 amide bonds. The summed E-state index contributed by atoms with van der Waals surface area (Å²) in [5, 5.41) is 4.88. The Hall–Kier alpha value is -2.32. The van der Waals surface area contributed by atoms with Gasteiger partial charge in [0.25, 0.3) is 0 Å². The van der Waals surface area contributed by atoms with Gasteiger partial charge in [-0.25, -0.2) is 14.3 Å². The third-order valence-corrected chi connectivity index (χ3v) is 7.80. The van der Waals surface area contributed by atoms with Gasteiger partial charge < -0.3 is 9.64 Å². The first kappa shape index (κ1) is 23.4. The number of amides is 1. The van der Waals surface area contributed by atoms with Crippen LogP contribution in [0, 0.1) is 18.8 Å². The number of rotatable bonds is 2. The van der Waals surface area contributed by atoms with Crippen LogP contribution in [0.4, 0.5) is 18.0 Å². The molecule has 0 spiro atoms. The summed E-state index contributed by atoms with van der Waals surface area (Å²) in [7, 11) is 0. The van der Waals surface area contributed by atoms with Crippen LogP contribution in [0.3, 0.4) is 0 Å². The fourth-order valence-corrected chi connectivity index (χ4v) is 5.95. The number of halogens is 3. The highest BCUT2D eigenvalue weighted by Gasteiger charge is 2.60. The first-order valence-electron chi connectivity index (χ1n) is 12.3. The number of hydrogen-bond donors (Lipinski definition) is 0. The van der Waals surface area contributed by atoms with Crippen LogP contribution in [0.25, 0.3) is 5.65 Å². The van der Waals surface area contributed by atoms with Crippen LogP contribution in [0.2, 0.25) is 0 Å². The van der Waals surface area contributed by atoms with E-state index >= 15 is 0 Å². The molecule has 2 unspecified atom stereocenters. The fourth-order valence-electron chi connectivity index (χ4n) is 5.95. The quantitative estimate of drug-likeness (QED) is 0.550. The number of likely N-dealkylation sites (tertiary alicyclic amines) is 1. The molecular weight excluding hydrogens is 445 g/mol. The second kappa shape index (κ2) is 7.85. The van der Waals surface area contributed by atoms with Crippen molar-refractivity contribution in [2.45, 2.75) is 89.3 Å². The summed E-state index contributed by atoms with van der Waals surface area (Å²) in [6.07, 6.45) is -1.23. The summed E-state index contributed by atoms with van der Waals surface area (Å²) >= 11 is 0. The van der Waals surface area contributed by atoms with Crippen LogP contribution in [0.5, 0.6) is 0 Å². The predicted octanol–water partition coefficient (Wildman–Crippen LogP) is 5.77. The van der Waals surface area contributed by atoms with Crippen molar-refractivity contribution >= 4 is 11.7 Å². The van der Waals surface area contributed by atoms with Gasteiger partial charge in [0.2, 0.25) is 0 Å². The Morgan fingerprint density at radius 1 is 1.12 bits per heavy atom. The van der Waals surface area contributed by atoms with E-state index in [4.69, 9.17) is 9.84 Å². The van der Waals surface area contributed by atoms with Crippen LogP contribution in [0.1, 0.15) is 82.3 Å². The maximum Gasteiger partial charge on any atom is 0.410 e. The maximum absolute atomic E-state index is 13.1. The summed E-state index contributed by atoms with van der Waals surface area (Å²) < 4.78 is 46.8. The van der Waals surface area contributed by atoms with Crippen molar-refractivity contribution < 1.29 is 22.7 Å². The molecule has 3 aliphatic rings. The predicted molar refractivity (Wildman–Crippen MR) is 121 cm³/mol. The Morgan fingerprint density at radius 2 is 1.82 bits per heavy atom. The Balaban J connectivity index is 1.41. The molecule has 1 aliphatic heterocycles. The fraction of sp³-hybridized carbons (Fsp3) is 0.720. The van der Waals surface area contributed by atoms with Crippen LogP contribution in [-0.2, 0) is 10.2 Å². The first-order chi connectivity index (χ1) is 15.9. The second-order valence-electron chi connectivity index (χ2n) is 11.5. The summed E-state index contributed by atoms with van der Waals surface area (Å²) in [6.45, 7) is 8.82. The Bertz CT molecular complexity index is 1100. The molecule has 1 saturated heterocycles. The number of carbonyl (C=O) groups is 1. The molecular formula is C25H33F3N4O2. The van der Waals surface area contributed by atoms with Crippen LogP contribution in [-0.4, -0.2) is 50.5 Å². The lowest BCUT2D eigenvalue weighted by atomic mass is 9.80. The molecule has 0 aromatic carbocycles. The minimum Gasteiger partial charge on any atom is -0.444 e. The van der Waals surface area contributed by atoms with Gasteiger partial charge in [0, 0.05) is 36.2 Å². The summed E-state index contributed by atoms with van der Waals surface area (Å²) in [4.78, 5) is 19.3. The van der Waals surface area contributed by atoms with Crippen molar-refractivity contribution in [2.24, 2.45) is 11.8 Å². The van der Waals surface area contributed by atoms with E-state index in [9.17, 15) is 18.0 Å². The normalized spacial score (nSPS) is 29.7. The lowest BCUT2D eigenvalue weighted by Gasteiger charge is -2.34. The molecule has 2 aliphatic carbocycles. The van der Waals surface area contributed by atoms with E-state index in [2.05, 4.69) is 11.1 Å². The van der Waals surface area contributed by atoms with Crippen molar-refractivity contribution in [2.75, 3.05) is 13.1 Å². The highest BCUT2D eigenvalue weighted by molar-refractivity contribution is 5.69. The summed E-state index contributed by atoms with van der Waals surface area (Å²) in [6, 6.07) is 4.00. The van der Waals surface area contributed by atoms with Crippen LogP contribution in [0.15, 0.2) is 12.1 Å². The molecule has 2 saturated carbocycles. The smallest absolute Gasteiger partial charge is 0.410 e. The zero-order valence-corrected chi connectivity index (χ0v) is 20.3. The Kier molecular flexibility index (Phi) is 5.41. The average molecular weight is 479 g/mol. The standard InChI is InChI=1S/C25H33F3N4O2/c1-15-11-20(24-13-18(24)9-10-31(14-24)22(33)34-23(2,3)4)32-21(29-15)12-19(30-32)16-5-7-17(8-6-16)25(26,27)28/h11-12,16-18H,5-10,13-14H2,1-4H3. The van der Waals surface area contributed by atoms with Crippen molar-refractivity contribution in [3.05, 3.63) is 29.2 Å². The van der Waals surface area contributed by atoms with Crippen molar-refractivity contribution in [1.29, 1.82) is 0 Å². The van der Waals surface area contributed by atoms with Gasteiger partial charge in [0.1, 0.15) is 5.60 Å². The van der Waals surface area contributed by atoms with E-state index in [1.54, 1.807) is 4.90 Å². The number of piperidine rings is 1. The molecule has 0 N–H and O–H groups in total. The van der Waals surface area contributed by atoms with E-state index in [0.717, 1.165) is 35.6 Å². The molecule has 186 valence electrons. The molecule has 2 aromatic heterocycles. The molecule has 2 atom stereocenters. The van der Waals surface area contributed by atoms with Gasteiger partial charge in [0.05, 0.1) is 17.3 Å². The van der Waals surface area contributed by atoms with Crippen molar-refractivity contribution in [3.63, 3.8) is 0 Å². The van der Waals surface area contributed by atoms with Gasteiger partial charge in [-0.15, -0.1) is 0 Å². The topological polar surface area (TPSA) is 59.7 Å². The summed E-state index contributed by atoms with van der Waals surface area (Å²) in [5.74, 6) is -0.708. The highest BCUT2D eigenvalue weighted by Crippen LogP contribution is 2.58. The number of aromatic nitrogens is 3. The van der Waals surface area contributed by atoms with Crippen molar-refractivity contribution in [3.8, 4) is 0 Å². The van der Waals surface area contributed by atoms with Crippen LogP contribution < -0.4 is 0 Å². The number of ether oxygens (including phenoxy) is 1. The largest absolute Gasteiger partial charge is 0.444 e. The zero-order chi connectivity index (χ0) is 24.5. The number of nitrogens with zero attached hydrogens (tertiary/aromatic N) is 4. The van der Waals surface area contributed by atoms with Gasteiger partial charge in [-0.1, -0.05) is 0 Å². The van der Waals surface area contributed by atoms with E-state index in [1.165, 1.54) is 0 Å². The van der Waals surface area contributed by atoms with Crippen molar-refractivity contribution in [1.82, 2.24) is 19.5 Å². The number of alkyl halides is 3. The van der Waals surface area contributed by atoms with E-state index in [0.29, 0.717) is 31.8 Å². The van der Waals surface area contributed by atoms with Gasteiger partial charge in [-0.2, -0.15) is 18.3 Å². The molecule has 3 heterocycles. The molecule has 6 nitrogen and oxygen atoms in total. The third-order valence-electron chi connectivity index (χ3n) is 7.80. The highest BCUT2D eigenvalue weighted by atomic mass is 19.4. The lowest BCUT2D eigenvalue weighted by molar-refractivity contribution is -0.182. The zero-order valence-electron chi connectivity index (χ0n) is 20.3. The monoisotopic (exact) mass is 478 g/mol. The Labute approximate surface area is 197 Å². The Morgan fingerprint density at radius 3 is 2.47 bits per heavy atom. The molecule has 5 rings (SSSR count). The maximum atomic E-state index is 13.1. The van der Waals surface area contributed by atoms with E-state index in [-0.39, 0.29) is 30.3 Å². The van der Waals surface area contributed by atoms with E-state index in [1.807, 2.05) is 38.3 Å². The average Bonchev–Trinajstić information content (AvgIpc) is 3.33. The molecule has 3 fully saturated rings. The number of aryl methyl sites for hydroxylation is 1. The minimum atomic E-state index is -4.11. The van der Waals surface area contributed by atoms with Gasteiger partial charge in [0.15, 0.2) is 5.65 Å². The molecule has 0 radical (unpaired) electrons. The van der Waals surface area contributed by atoms with Gasteiger partial charge in [-0.3, -0.25) is 0 Å². The minimum absolute atomic E-state index is 0.0190. The molecule has 34 heavy (non-hydrogen) atoms. The SMILES string of the molecule is Cc1cc(C23CC2CCN(C(=O)OC(C)(C)C)C3)n2nc(C3CCC(C(F)(F)F)CC3)cc2n1. The third kappa shape index (κ3) is 4.26.